The van der Waals surface area contributed by atoms with E-state index < -0.39 is 0 Å². The first-order valence-corrected chi connectivity index (χ1v) is 27.6. The summed E-state index contributed by atoms with van der Waals surface area (Å²) in [5, 5.41) is 2.48. The quantitative estimate of drug-likeness (QED) is 0.141. The Balaban J connectivity index is 1.03. The Labute approximate surface area is 461 Å². The van der Waals surface area contributed by atoms with Gasteiger partial charge in [-0.05, 0) is 105 Å². The summed E-state index contributed by atoms with van der Waals surface area (Å²) in [6, 6.07) is 106. The van der Waals surface area contributed by atoms with Crippen LogP contribution in [0, 0.1) is 0 Å². The predicted octanol–water partition coefficient (Wildman–Crippen LogP) is 17.2. The van der Waals surface area contributed by atoms with Crippen LogP contribution in [-0.4, -0.2) is 17.8 Å². The van der Waals surface area contributed by atoms with Crippen LogP contribution in [-0.2, 0) is 6.42 Å². The van der Waals surface area contributed by atoms with Crippen LogP contribution in [0.25, 0.3) is 72.0 Å². The van der Waals surface area contributed by atoms with Crippen LogP contribution in [0.3, 0.4) is 0 Å². The minimum Gasteiger partial charge on any atom is -0.341 e. The van der Waals surface area contributed by atoms with E-state index in [-0.39, 0.29) is 6.71 Å². The van der Waals surface area contributed by atoms with Crippen LogP contribution in [0.1, 0.15) is 5.56 Å². The molecule has 0 fully saturated rings. The number of benzene rings is 12. The highest BCUT2D eigenvalue weighted by Gasteiger charge is 2.45. The van der Waals surface area contributed by atoms with E-state index in [1.54, 1.807) is 0 Å². The fraction of sp³-hybridized carbons (Fsp3) is 0.0270. The molecule has 4 heterocycles. The van der Waals surface area contributed by atoms with Gasteiger partial charge in [0.1, 0.15) is 0 Å². The van der Waals surface area contributed by atoms with Gasteiger partial charge in [0.05, 0.1) is 22.4 Å². The van der Waals surface area contributed by atoms with Crippen molar-refractivity contribution in [2.45, 2.75) is 6.42 Å². The second-order valence-corrected chi connectivity index (χ2v) is 21.1. The molecular weight excluding hydrogens is 956 g/mol. The molecule has 5 heteroatoms. The van der Waals surface area contributed by atoms with Gasteiger partial charge in [0.15, 0.2) is 0 Å². The molecule has 79 heavy (non-hydrogen) atoms. The standard InChI is InChI=1S/C74H51BN4/c1-5-22-50(23-6-1)57-33-19-34-58(51-24-7-2-8-25-51)73(57)78-68-40-21-41-69-72(68)75(63-44-42-55(48-70(63)78)76-47-46-54-30-13-16-37-65(54)76)64-45-43-56(77-66-38-17-14-31-61(66)62-32-15-18-39-67(62)77)49-71(64)79(69)74-59(52-26-9-3-10-27-52)35-20-36-60(74)53-28-11-4-12-29-53/h1-45,48-49H,46-47H2. The predicted molar refractivity (Wildman–Crippen MR) is 334 cm³/mol. The van der Waals surface area contributed by atoms with E-state index >= 15 is 0 Å². The zero-order valence-corrected chi connectivity index (χ0v) is 43.4. The third kappa shape index (κ3) is 7.09. The van der Waals surface area contributed by atoms with E-state index in [1.165, 1.54) is 83.1 Å². The minimum absolute atomic E-state index is 0.121. The number of hydrogen-bond acceptors (Lipinski definition) is 3. The van der Waals surface area contributed by atoms with Gasteiger partial charge < -0.3 is 19.3 Å². The average molecular weight is 1010 g/mol. The zero-order chi connectivity index (χ0) is 52.0. The number of fused-ring (bicyclic) bond motifs is 8. The van der Waals surface area contributed by atoms with Crippen molar-refractivity contribution in [3.63, 3.8) is 0 Å². The fourth-order valence-corrected chi connectivity index (χ4v) is 13.5. The molecule has 0 amide bonds. The summed E-state index contributed by atoms with van der Waals surface area (Å²) in [7, 11) is 0. The first kappa shape index (κ1) is 45.1. The van der Waals surface area contributed by atoms with Crippen molar-refractivity contribution in [1.82, 2.24) is 4.57 Å². The van der Waals surface area contributed by atoms with Gasteiger partial charge in [-0.2, -0.15) is 0 Å². The summed E-state index contributed by atoms with van der Waals surface area (Å²) >= 11 is 0. The Morgan fingerprint density at radius 1 is 0.304 bits per heavy atom. The Hall–Kier alpha value is -10.1. The molecule has 1 aromatic heterocycles. The van der Waals surface area contributed by atoms with E-state index in [1.807, 2.05) is 0 Å². The lowest BCUT2D eigenvalue weighted by molar-refractivity contribution is 0.998. The van der Waals surface area contributed by atoms with Gasteiger partial charge in [-0.3, -0.25) is 0 Å². The van der Waals surface area contributed by atoms with Crippen LogP contribution in [0.2, 0.25) is 0 Å². The van der Waals surface area contributed by atoms with Gasteiger partial charge in [0.2, 0.25) is 0 Å². The molecular formula is C74H51BN4. The Morgan fingerprint density at radius 3 is 1.19 bits per heavy atom. The first-order valence-electron chi connectivity index (χ1n) is 27.6. The van der Waals surface area contributed by atoms with Gasteiger partial charge in [-0.1, -0.05) is 231 Å². The molecule has 12 aromatic carbocycles. The zero-order valence-electron chi connectivity index (χ0n) is 43.4. The van der Waals surface area contributed by atoms with Gasteiger partial charge in [-0.25, -0.2) is 0 Å². The summed E-state index contributed by atoms with van der Waals surface area (Å²) in [6.45, 7) is 0.801. The number of hydrogen-bond donors (Lipinski definition) is 0. The Kier molecular flexibility index (Phi) is 10.5. The van der Waals surface area contributed by atoms with Crippen molar-refractivity contribution in [2.75, 3.05) is 21.2 Å². The molecule has 4 nitrogen and oxygen atoms in total. The van der Waals surface area contributed by atoms with Gasteiger partial charge >= 0.3 is 0 Å². The van der Waals surface area contributed by atoms with Crippen molar-refractivity contribution in [3.05, 3.63) is 291 Å². The Bertz CT molecular complexity index is 4340. The van der Waals surface area contributed by atoms with Gasteiger partial charge in [0, 0.05) is 79.4 Å². The molecule has 3 aliphatic rings. The maximum atomic E-state index is 2.64. The molecule has 0 atom stereocenters. The summed E-state index contributed by atoms with van der Waals surface area (Å²) in [6.07, 6.45) is 1.01. The van der Waals surface area contributed by atoms with E-state index in [4.69, 9.17) is 0 Å². The highest BCUT2D eigenvalue weighted by Crippen LogP contribution is 2.53. The maximum Gasteiger partial charge on any atom is 0.252 e. The SMILES string of the molecule is c1ccc(-c2cccc(-c3ccccc3)c2N2c3cc(N4CCc5ccccc54)ccc3B3c4ccc(-n5c6ccccc6c6ccccc65)cc4N(c4c(-c5ccccc5)cccc4-c4ccccc4)c4cccc2c43)cc1. The summed E-state index contributed by atoms with van der Waals surface area (Å²) in [5.41, 5.74) is 27.4. The van der Waals surface area contributed by atoms with E-state index in [0.29, 0.717) is 0 Å². The molecule has 0 bridgehead atoms. The lowest BCUT2D eigenvalue weighted by Crippen LogP contribution is -2.61. The summed E-state index contributed by atoms with van der Waals surface area (Å²) < 4.78 is 2.47. The second kappa shape index (κ2) is 18.3. The third-order valence-corrected chi connectivity index (χ3v) is 16.9. The smallest absolute Gasteiger partial charge is 0.252 e. The molecule has 0 saturated heterocycles. The number of aromatic nitrogens is 1. The molecule has 0 unspecified atom stereocenters. The monoisotopic (exact) mass is 1010 g/mol. The largest absolute Gasteiger partial charge is 0.341 e. The van der Waals surface area contributed by atoms with Crippen molar-refractivity contribution < 1.29 is 0 Å². The van der Waals surface area contributed by atoms with Crippen molar-refractivity contribution >= 4 is 90.4 Å². The lowest BCUT2D eigenvalue weighted by Gasteiger charge is -2.45. The van der Waals surface area contributed by atoms with Crippen molar-refractivity contribution in [2.24, 2.45) is 0 Å². The molecule has 0 saturated carbocycles. The fourth-order valence-electron chi connectivity index (χ4n) is 13.5. The highest BCUT2D eigenvalue weighted by molar-refractivity contribution is 7.00. The molecule has 3 aliphatic heterocycles. The van der Waals surface area contributed by atoms with Crippen LogP contribution in [0.4, 0.5) is 45.5 Å². The van der Waals surface area contributed by atoms with Gasteiger partial charge in [0.25, 0.3) is 6.71 Å². The molecule has 0 N–H and O–H groups in total. The number of anilines is 8. The molecule has 370 valence electrons. The highest BCUT2D eigenvalue weighted by atomic mass is 15.2. The Morgan fingerprint density at radius 2 is 0.696 bits per heavy atom. The van der Waals surface area contributed by atoms with Crippen LogP contribution >= 0.6 is 0 Å². The average Bonchev–Trinajstić information content (AvgIpc) is 3.67. The first-order chi connectivity index (χ1) is 39.2. The number of para-hydroxylation sites is 5. The van der Waals surface area contributed by atoms with Crippen LogP contribution in [0.15, 0.2) is 285 Å². The molecule has 0 radical (unpaired) electrons. The molecule has 0 aliphatic carbocycles. The van der Waals surface area contributed by atoms with Crippen LogP contribution < -0.4 is 31.1 Å². The van der Waals surface area contributed by atoms with Crippen LogP contribution in [0.5, 0.6) is 0 Å². The summed E-state index contributed by atoms with van der Waals surface area (Å²) in [4.78, 5) is 7.80. The third-order valence-electron chi connectivity index (χ3n) is 16.9. The number of nitrogens with zero attached hydrogens (tertiary/aromatic N) is 4. The molecule has 16 rings (SSSR count). The molecule has 0 spiro atoms. The van der Waals surface area contributed by atoms with E-state index in [9.17, 15) is 0 Å². The second-order valence-electron chi connectivity index (χ2n) is 21.1. The van der Waals surface area contributed by atoms with Crippen molar-refractivity contribution in [1.29, 1.82) is 0 Å². The topological polar surface area (TPSA) is 14.7 Å². The van der Waals surface area contributed by atoms with Gasteiger partial charge in [-0.15, -0.1) is 0 Å². The maximum absolute atomic E-state index is 2.64. The normalized spacial score (nSPS) is 13.1. The minimum atomic E-state index is -0.121. The van der Waals surface area contributed by atoms with E-state index in [2.05, 4.69) is 304 Å². The van der Waals surface area contributed by atoms with E-state index in [0.717, 1.165) is 69.3 Å². The summed E-state index contributed by atoms with van der Waals surface area (Å²) in [5.74, 6) is 0. The van der Waals surface area contributed by atoms with Crippen molar-refractivity contribution in [3.8, 4) is 50.2 Å². The number of rotatable bonds is 8. The lowest BCUT2D eigenvalue weighted by atomic mass is 9.33. The molecule has 13 aromatic rings.